The van der Waals surface area contributed by atoms with Crippen LogP contribution in [0.4, 0.5) is 0 Å². The lowest BCUT2D eigenvalue weighted by atomic mass is 10.1. The standard InChI is InChI=1S/C23H34O5/c1-5-6-7-8-9-10-11-12-15-26-22-21(27-17(2)3)19-14-13-18(25-4)16-20(19)28-23(22)24/h13-14,16-17H,5-12,15H2,1-4H3. The van der Waals surface area contributed by atoms with Gasteiger partial charge in [0.2, 0.25) is 5.75 Å². The minimum Gasteiger partial charge on any atom is -0.497 e. The number of fused-ring (bicyclic) bond motifs is 1. The summed E-state index contributed by atoms with van der Waals surface area (Å²) in [6, 6.07) is 5.34. The number of methoxy groups -OCH3 is 1. The monoisotopic (exact) mass is 390 g/mol. The minimum atomic E-state index is -0.518. The molecule has 1 aromatic carbocycles. The van der Waals surface area contributed by atoms with Crippen molar-refractivity contribution in [3.63, 3.8) is 0 Å². The van der Waals surface area contributed by atoms with Gasteiger partial charge in [-0.05, 0) is 32.4 Å². The highest BCUT2D eigenvalue weighted by Crippen LogP contribution is 2.35. The predicted molar refractivity (Wildman–Crippen MR) is 113 cm³/mol. The van der Waals surface area contributed by atoms with Crippen LogP contribution >= 0.6 is 0 Å². The van der Waals surface area contributed by atoms with Gasteiger partial charge in [0.1, 0.15) is 11.3 Å². The van der Waals surface area contributed by atoms with Crippen LogP contribution in [0.5, 0.6) is 17.2 Å². The average molecular weight is 391 g/mol. The van der Waals surface area contributed by atoms with Crippen LogP contribution in [0, 0.1) is 0 Å². The van der Waals surface area contributed by atoms with E-state index in [1.54, 1.807) is 13.2 Å². The first-order valence-corrected chi connectivity index (χ1v) is 10.5. The molecule has 2 rings (SSSR count). The zero-order valence-electron chi connectivity index (χ0n) is 17.7. The molecular formula is C23H34O5. The Morgan fingerprint density at radius 3 is 2.29 bits per heavy atom. The SMILES string of the molecule is CCCCCCCCCCOc1c(OC(C)C)c2ccc(OC)cc2oc1=O. The summed E-state index contributed by atoms with van der Waals surface area (Å²) < 4.78 is 22.4. The van der Waals surface area contributed by atoms with Crippen LogP contribution in [0.25, 0.3) is 11.0 Å². The Hall–Kier alpha value is -2.17. The fraction of sp³-hybridized carbons (Fsp3) is 0.609. The molecule has 0 atom stereocenters. The molecule has 0 spiro atoms. The molecule has 5 heteroatoms. The van der Waals surface area contributed by atoms with Gasteiger partial charge in [0.25, 0.3) is 0 Å². The van der Waals surface area contributed by atoms with Crippen molar-refractivity contribution in [3.05, 3.63) is 28.6 Å². The molecule has 0 N–H and O–H groups in total. The summed E-state index contributed by atoms with van der Waals surface area (Å²) in [5, 5.41) is 0.708. The highest BCUT2D eigenvalue weighted by atomic mass is 16.5. The van der Waals surface area contributed by atoms with E-state index in [1.165, 1.54) is 38.5 Å². The van der Waals surface area contributed by atoms with Crippen LogP contribution < -0.4 is 19.8 Å². The zero-order chi connectivity index (χ0) is 20.4. The first-order chi connectivity index (χ1) is 13.6. The largest absolute Gasteiger partial charge is 0.497 e. The molecule has 0 aliphatic carbocycles. The lowest BCUT2D eigenvalue weighted by Crippen LogP contribution is -2.14. The summed E-state index contributed by atoms with van der Waals surface area (Å²) in [5.41, 5.74) is -0.0876. The first-order valence-electron chi connectivity index (χ1n) is 10.5. The van der Waals surface area contributed by atoms with Crippen LogP contribution in [0.2, 0.25) is 0 Å². The number of hydrogen-bond acceptors (Lipinski definition) is 5. The second kappa shape index (κ2) is 11.6. The van der Waals surface area contributed by atoms with Gasteiger partial charge in [0, 0.05) is 6.07 Å². The number of unbranched alkanes of at least 4 members (excludes halogenated alkanes) is 7. The molecule has 2 aromatic rings. The molecule has 0 saturated heterocycles. The highest BCUT2D eigenvalue weighted by molar-refractivity contribution is 5.86. The van der Waals surface area contributed by atoms with Crippen molar-refractivity contribution in [2.75, 3.05) is 13.7 Å². The fourth-order valence-electron chi connectivity index (χ4n) is 3.15. The molecule has 1 heterocycles. The van der Waals surface area contributed by atoms with Crippen molar-refractivity contribution < 1.29 is 18.6 Å². The van der Waals surface area contributed by atoms with E-state index >= 15 is 0 Å². The summed E-state index contributed by atoms with van der Waals surface area (Å²) in [5.74, 6) is 1.23. The van der Waals surface area contributed by atoms with E-state index in [0.717, 1.165) is 12.8 Å². The van der Waals surface area contributed by atoms with Crippen LogP contribution in [-0.2, 0) is 0 Å². The van der Waals surface area contributed by atoms with Gasteiger partial charge in [-0.3, -0.25) is 0 Å². The van der Waals surface area contributed by atoms with Crippen LogP contribution in [-0.4, -0.2) is 19.8 Å². The topological polar surface area (TPSA) is 57.9 Å². The number of rotatable bonds is 13. The van der Waals surface area contributed by atoms with E-state index in [0.29, 0.717) is 29.1 Å². The van der Waals surface area contributed by atoms with E-state index in [-0.39, 0.29) is 11.9 Å². The van der Waals surface area contributed by atoms with Gasteiger partial charge >= 0.3 is 5.63 Å². The van der Waals surface area contributed by atoms with Gasteiger partial charge in [-0.1, -0.05) is 51.9 Å². The molecule has 156 valence electrons. The second-order valence-electron chi connectivity index (χ2n) is 7.40. The summed E-state index contributed by atoms with van der Waals surface area (Å²) in [4.78, 5) is 12.5. The Kier molecular flexibility index (Phi) is 9.18. The minimum absolute atomic E-state index is 0.0856. The van der Waals surface area contributed by atoms with Crippen molar-refractivity contribution in [2.45, 2.75) is 78.2 Å². The van der Waals surface area contributed by atoms with Gasteiger partial charge in [0.05, 0.1) is 25.2 Å². The summed E-state index contributed by atoms with van der Waals surface area (Å²) in [6.07, 6.45) is 9.62. The Bertz CT molecular complexity index is 778. The van der Waals surface area contributed by atoms with E-state index in [2.05, 4.69) is 6.92 Å². The Labute approximate surface area is 168 Å². The molecule has 0 radical (unpaired) electrons. The molecule has 0 saturated carbocycles. The third-order valence-electron chi connectivity index (χ3n) is 4.63. The third kappa shape index (κ3) is 6.47. The summed E-state index contributed by atoms with van der Waals surface area (Å²) >= 11 is 0. The van der Waals surface area contributed by atoms with Crippen molar-refractivity contribution in [1.29, 1.82) is 0 Å². The Morgan fingerprint density at radius 1 is 0.964 bits per heavy atom. The fourth-order valence-corrected chi connectivity index (χ4v) is 3.15. The summed E-state index contributed by atoms with van der Waals surface area (Å²) in [7, 11) is 1.58. The molecule has 1 aromatic heterocycles. The summed E-state index contributed by atoms with van der Waals surface area (Å²) in [6.45, 7) is 6.56. The van der Waals surface area contributed by atoms with E-state index in [4.69, 9.17) is 18.6 Å². The van der Waals surface area contributed by atoms with Crippen molar-refractivity contribution in [2.24, 2.45) is 0 Å². The molecule has 0 amide bonds. The molecule has 0 fully saturated rings. The molecular weight excluding hydrogens is 356 g/mol. The number of benzene rings is 1. The first kappa shape index (κ1) is 22.1. The smallest absolute Gasteiger partial charge is 0.383 e. The third-order valence-corrected chi connectivity index (χ3v) is 4.63. The number of ether oxygens (including phenoxy) is 3. The lowest BCUT2D eigenvalue weighted by molar-refractivity contribution is 0.216. The molecule has 0 aliphatic heterocycles. The van der Waals surface area contributed by atoms with E-state index < -0.39 is 5.63 Å². The quantitative estimate of drug-likeness (QED) is 0.305. The lowest BCUT2D eigenvalue weighted by Gasteiger charge is -2.16. The molecule has 0 bridgehead atoms. The van der Waals surface area contributed by atoms with Crippen molar-refractivity contribution >= 4 is 11.0 Å². The van der Waals surface area contributed by atoms with Gasteiger partial charge in [-0.25, -0.2) is 4.79 Å². The van der Waals surface area contributed by atoms with E-state index in [1.807, 2.05) is 26.0 Å². The maximum atomic E-state index is 12.5. The Morgan fingerprint density at radius 2 is 1.64 bits per heavy atom. The average Bonchev–Trinajstić information content (AvgIpc) is 2.67. The van der Waals surface area contributed by atoms with Gasteiger partial charge in [0.15, 0.2) is 5.75 Å². The van der Waals surface area contributed by atoms with Crippen molar-refractivity contribution in [3.8, 4) is 17.2 Å². The normalized spacial score (nSPS) is 11.2. The van der Waals surface area contributed by atoms with Gasteiger partial charge in [-0.2, -0.15) is 0 Å². The Balaban J connectivity index is 2.02. The van der Waals surface area contributed by atoms with Gasteiger partial charge < -0.3 is 18.6 Å². The maximum Gasteiger partial charge on any atom is 0.383 e. The second-order valence-corrected chi connectivity index (χ2v) is 7.40. The molecule has 0 aliphatic rings. The van der Waals surface area contributed by atoms with Crippen LogP contribution in [0.15, 0.2) is 27.4 Å². The van der Waals surface area contributed by atoms with E-state index in [9.17, 15) is 4.79 Å². The zero-order valence-corrected chi connectivity index (χ0v) is 17.7. The molecule has 0 unspecified atom stereocenters. The van der Waals surface area contributed by atoms with Crippen LogP contribution in [0.1, 0.15) is 72.1 Å². The maximum absolute atomic E-state index is 12.5. The molecule has 5 nitrogen and oxygen atoms in total. The molecule has 28 heavy (non-hydrogen) atoms. The van der Waals surface area contributed by atoms with Gasteiger partial charge in [-0.15, -0.1) is 0 Å². The van der Waals surface area contributed by atoms with Crippen LogP contribution in [0.3, 0.4) is 0 Å². The highest BCUT2D eigenvalue weighted by Gasteiger charge is 2.19. The van der Waals surface area contributed by atoms with Crippen molar-refractivity contribution in [1.82, 2.24) is 0 Å². The predicted octanol–water partition coefficient (Wildman–Crippen LogP) is 6.11. The number of hydrogen-bond donors (Lipinski definition) is 0.